The minimum Gasteiger partial charge on any atom is -0.383 e. The third kappa shape index (κ3) is 8.19. The molecule has 13 heteroatoms. The molecule has 2 aliphatic rings. The Hall–Kier alpha value is -2.60. The van der Waals surface area contributed by atoms with E-state index >= 15 is 0 Å². The van der Waals surface area contributed by atoms with Crippen LogP contribution in [-0.4, -0.2) is 99.9 Å². The molecule has 0 aliphatic carbocycles. The highest BCUT2D eigenvalue weighted by molar-refractivity contribution is 5.85. The van der Waals surface area contributed by atoms with Crippen molar-refractivity contribution in [2.75, 3.05) is 50.7 Å². The van der Waals surface area contributed by atoms with E-state index in [-0.39, 0.29) is 48.5 Å². The van der Waals surface area contributed by atoms with Gasteiger partial charge in [0.05, 0.1) is 18.4 Å². The van der Waals surface area contributed by atoms with Gasteiger partial charge < -0.3 is 20.2 Å². The molecule has 2 amide bonds. The van der Waals surface area contributed by atoms with E-state index in [4.69, 9.17) is 0 Å². The SMILES string of the molecule is CC[C@@H](O)C(=O)N1CCC(NC(=O)CN2CCN(c3nncc(-c4ccc(F)cc4)n3)CC2)CC1.Cl.Cl. The van der Waals surface area contributed by atoms with Gasteiger partial charge in [-0.25, -0.2) is 9.37 Å². The van der Waals surface area contributed by atoms with Crippen LogP contribution in [0.2, 0.25) is 0 Å². The number of halogens is 3. The molecule has 2 saturated heterocycles. The topological polar surface area (TPSA) is 115 Å². The number of aliphatic hydroxyl groups excluding tert-OH is 1. The number of likely N-dealkylation sites (tertiary alicyclic amines) is 1. The Morgan fingerprint density at radius 1 is 1.08 bits per heavy atom. The molecule has 0 spiro atoms. The zero-order valence-corrected chi connectivity index (χ0v) is 22.4. The van der Waals surface area contributed by atoms with Gasteiger partial charge in [0.15, 0.2) is 0 Å². The van der Waals surface area contributed by atoms with Gasteiger partial charge in [0, 0.05) is 50.9 Å². The highest BCUT2D eigenvalue weighted by Crippen LogP contribution is 2.19. The van der Waals surface area contributed by atoms with Crippen LogP contribution >= 0.6 is 24.8 Å². The molecule has 204 valence electrons. The first-order chi connectivity index (χ1) is 16.9. The van der Waals surface area contributed by atoms with Gasteiger partial charge in [-0.15, -0.1) is 29.9 Å². The number of piperazine rings is 1. The third-order valence-electron chi connectivity index (χ3n) is 6.55. The summed E-state index contributed by atoms with van der Waals surface area (Å²) in [6.07, 6.45) is 2.41. The van der Waals surface area contributed by atoms with Gasteiger partial charge in [-0.1, -0.05) is 6.92 Å². The summed E-state index contributed by atoms with van der Waals surface area (Å²) < 4.78 is 13.2. The molecule has 2 aliphatic heterocycles. The molecule has 1 aromatic carbocycles. The number of carbonyl (C=O) groups is 2. The number of aromatic nitrogens is 3. The Kier molecular flexibility index (Phi) is 11.9. The van der Waals surface area contributed by atoms with Crippen molar-refractivity contribution in [1.29, 1.82) is 0 Å². The fraction of sp³-hybridized carbons (Fsp3) is 0.542. The number of carbonyl (C=O) groups excluding carboxylic acids is 2. The normalized spacial score (nSPS) is 17.4. The van der Waals surface area contributed by atoms with Crippen LogP contribution < -0.4 is 10.2 Å². The van der Waals surface area contributed by atoms with E-state index in [1.807, 2.05) is 4.90 Å². The highest BCUT2D eigenvalue weighted by atomic mass is 35.5. The molecule has 0 radical (unpaired) electrons. The van der Waals surface area contributed by atoms with Gasteiger partial charge in [-0.05, 0) is 43.5 Å². The number of piperidine rings is 1. The van der Waals surface area contributed by atoms with E-state index in [0.29, 0.717) is 76.7 Å². The summed E-state index contributed by atoms with van der Waals surface area (Å²) in [4.78, 5) is 35.1. The zero-order chi connectivity index (χ0) is 24.8. The molecule has 2 aromatic rings. The van der Waals surface area contributed by atoms with E-state index in [0.717, 1.165) is 5.56 Å². The van der Waals surface area contributed by atoms with E-state index in [1.54, 1.807) is 30.2 Å². The number of nitrogens with one attached hydrogen (secondary N) is 1. The molecule has 2 N–H and O–H groups in total. The second kappa shape index (κ2) is 14.4. The van der Waals surface area contributed by atoms with Crippen LogP contribution in [0, 0.1) is 5.82 Å². The van der Waals surface area contributed by atoms with Crippen LogP contribution in [0.15, 0.2) is 30.5 Å². The lowest BCUT2D eigenvalue weighted by Crippen LogP contribution is -2.53. The minimum absolute atomic E-state index is 0. The Labute approximate surface area is 228 Å². The molecule has 2 fully saturated rings. The van der Waals surface area contributed by atoms with Crippen molar-refractivity contribution in [3.8, 4) is 11.3 Å². The quantitative estimate of drug-likeness (QED) is 0.526. The molecular formula is C24H34Cl2FN7O3. The van der Waals surface area contributed by atoms with Crippen LogP contribution in [0.4, 0.5) is 10.3 Å². The Balaban J connectivity index is 0.00000241. The van der Waals surface area contributed by atoms with Gasteiger partial charge in [0.2, 0.25) is 11.9 Å². The van der Waals surface area contributed by atoms with Gasteiger partial charge in [0.25, 0.3) is 5.91 Å². The number of rotatable bonds is 7. The number of hydrogen-bond donors (Lipinski definition) is 2. The molecule has 1 aromatic heterocycles. The summed E-state index contributed by atoms with van der Waals surface area (Å²) >= 11 is 0. The summed E-state index contributed by atoms with van der Waals surface area (Å²) in [7, 11) is 0. The predicted molar refractivity (Wildman–Crippen MR) is 142 cm³/mol. The van der Waals surface area contributed by atoms with Crippen molar-refractivity contribution in [3.05, 3.63) is 36.3 Å². The molecule has 4 rings (SSSR count). The standard InChI is InChI=1S/C24H32FN7O3.2ClH/c1-2-21(33)23(35)31-9-7-19(8-10-31)27-22(34)16-30-11-13-32(14-12-30)24-28-20(15-26-29-24)17-3-5-18(25)6-4-17;;/h3-6,15,19,21,33H,2,7-14,16H2,1H3,(H,27,34);2*1H/t21-;;/m1../s1. The molecule has 0 bridgehead atoms. The fourth-order valence-corrected chi connectivity index (χ4v) is 4.40. The highest BCUT2D eigenvalue weighted by Gasteiger charge is 2.28. The van der Waals surface area contributed by atoms with Crippen LogP contribution in [0.25, 0.3) is 11.3 Å². The first-order valence-corrected chi connectivity index (χ1v) is 12.1. The molecule has 1 atom stereocenters. The maximum Gasteiger partial charge on any atom is 0.251 e. The maximum absolute atomic E-state index is 13.2. The summed E-state index contributed by atoms with van der Waals surface area (Å²) in [5.41, 5.74) is 1.41. The van der Waals surface area contributed by atoms with Gasteiger partial charge in [-0.2, -0.15) is 5.10 Å². The Morgan fingerprint density at radius 2 is 1.73 bits per heavy atom. The van der Waals surface area contributed by atoms with E-state index in [9.17, 15) is 19.1 Å². The number of amides is 2. The Morgan fingerprint density at radius 3 is 2.35 bits per heavy atom. The van der Waals surface area contributed by atoms with Crippen molar-refractivity contribution in [3.63, 3.8) is 0 Å². The number of anilines is 1. The molecule has 0 unspecified atom stereocenters. The number of benzene rings is 1. The lowest BCUT2D eigenvalue weighted by molar-refractivity contribution is -0.141. The molecule has 10 nitrogen and oxygen atoms in total. The summed E-state index contributed by atoms with van der Waals surface area (Å²) in [6.45, 7) is 5.92. The number of nitrogens with zero attached hydrogens (tertiary/aromatic N) is 6. The average molecular weight is 558 g/mol. The summed E-state index contributed by atoms with van der Waals surface area (Å²) in [5, 5.41) is 21.0. The van der Waals surface area contributed by atoms with Crippen LogP contribution in [0.3, 0.4) is 0 Å². The monoisotopic (exact) mass is 557 g/mol. The van der Waals surface area contributed by atoms with E-state index in [1.165, 1.54) is 12.1 Å². The first kappa shape index (κ1) is 30.6. The van der Waals surface area contributed by atoms with Crippen molar-refractivity contribution in [1.82, 2.24) is 30.3 Å². The van der Waals surface area contributed by atoms with E-state index < -0.39 is 6.10 Å². The van der Waals surface area contributed by atoms with E-state index in [2.05, 4.69) is 25.4 Å². The first-order valence-electron chi connectivity index (χ1n) is 12.1. The van der Waals surface area contributed by atoms with Crippen LogP contribution in [0.5, 0.6) is 0 Å². The van der Waals surface area contributed by atoms with Crippen LogP contribution in [0.1, 0.15) is 26.2 Å². The van der Waals surface area contributed by atoms with Gasteiger partial charge in [0.1, 0.15) is 11.9 Å². The van der Waals surface area contributed by atoms with Crippen LogP contribution in [-0.2, 0) is 9.59 Å². The average Bonchev–Trinajstić information content (AvgIpc) is 2.89. The van der Waals surface area contributed by atoms with Crippen molar-refractivity contribution in [2.24, 2.45) is 0 Å². The van der Waals surface area contributed by atoms with Gasteiger partial charge >= 0.3 is 0 Å². The molecular weight excluding hydrogens is 524 g/mol. The number of aliphatic hydroxyl groups is 1. The van der Waals surface area contributed by atoms with Gasteiger partial charge in [-0.3, -0.25) is 14.5 Å². The summed E-state index contributed by atoms with van der Waals surface area (Å²) in [6, 6.07) is 6.15. The predicted octanol–water partition coefficient (Wildman–Crippen LogP) is 1.52. The molecule has 0 saturated carbocycles. The Bertz CT molecular complexity index is 1020. The smallest absolute Gasteiger partial charge is 0.251 e. The van der Waals surface area contributed by atoms with Crippen molar-refractivity contribution in [2.45, 2.75) is 38.3 Å². The molecule has 3 heterocycles. The largest absolute Gasteiger partial charge is 0.383 e. The second-order valence-corrected chi connectivity index (χ2v) is 9.00. The number of hydrogen-bond acceptors (Lipinski definition) is 8. The zero-order valence-electron chi connectivity index (χ0n) is 20.8. The third-order valence-corrected chi connectivity index (χ3v) is 6.55. The summed E-state index contributed by atoms with van der Waals surface area (Å²) in [5.74, 6) is -0.0282. The van der Waals surface area contributed by atoms with Crippen molar-refractivity contribution < 1.29 is 19.1 Å². The lowest BCUT2D eigenvalue weighted by Gasteiger charge is -2.35. The second-order valence-electron chi connectivity index (χ2n) is 9.00. The molecule has 37 heavy (non-hydrogen) atoms. The van der Waals surface area contributed by atoms with Crippen molar-refractivity contribution >= 4 is 42.6 Å². The minimum atomic E-state index is -0.939. The maximum atomic E-state index is 13.2. The fourth-order valence-electron chi connectivity index (χ4n) is 4.40. The lowest BCUT2D eigenvalue weighted by atomic mass is 10.0.